The lowest BCUT2D eigenvalue weighted by Crippen LogP contribution is -2.47. The number of aromatic nitrogens is 1. The number of amides is 2. The lowest BCUT2D eigenvalue weighted by atomic mass is 9.99. The number of carbonyl (C=O) groups excluding carboxylic acids is 2. The van der Waals surface area contributed by atoms with E-state index in [1.165, 1.54) is 18.3 Å². The maximum Gasteiger partial charge on any atom is 0.422 e. The maximum atomic E-state index is 12.8. The van der Waals surface area contributed by atoms with Gasteiger partial charge in [0.2, 0.25) is 5.88 Å². The quantitative estimate of drug-likeness (QED) is 0.694. The van der Waals surface area contributed by atoms with Gasteiger partial charge in [-0.05, 0) is 24.5 Å². The molecule has 7 nitrogen and oxygen atoms in total. The van der Waals surface area contributed by atoms with Crippen molar-refractivity contribution in [2.75, 3.05) is 26.3 Å². The van der Waals surface area contributed by atoms with Crippen LogP contribution in [-0.2, 0) is 4.74 Å². The summed E-state index contributed by atoms with van der Waals surface area (Å²) in [6, 6.07) is 12.1. The Kier molecular flexibility index (Phi) is 6.20. The number of piperidine rings is 1. The van der Waals surface area contributed by atoms with Crippen molar-refractivity contribution in [2.45, 2.75) is 31.1 Å². The molecule has 1 aromatic carbocycles. The number of benzene rings is 1. The second-order valence-corrected chi connectivity index (χ2v) is 7.72. The zero-order valence-corrected chi connectivity index (χ0v) is 17.1. The molecule has 0 radical (unpaired) electrons. The molecule has 2 aliphatic rings. The third kappa shape index (κ3) is 4.95. The SMILES string of the molecule is O=C(c1ccc(OCC(F)(F)F)nc1)N1CCC(N2C(=O)OCC2c2ccccc2)CC1. The fourth-order valence-electron chi connectivity index (χ4n) is 4.05. The van der Waals surface area contributed by atoms with Crippen molar-refractivity contribution in [3.8, 4) is 5.88 Å². The number of halogens is 3. The first kappa shape index (κ1) is 21.9. The standard InChI is InChI=1S/C22H22F3N3O4/c23-22(24,25)14-32-19-7-6-16(12-26-19)20(29)27-10-8-17(9-11-27)28-18(13-31-21(28)30)15-4-2-1-3-5-15/h1-7,12,17-18H,8-11,13-14H2. The van der Waals surface area contributed by atoms with Gasteiger partial charge in [-0.2, -0.15) is 13.2 Å². The predicted molar refractivity (Wildman–Crippen MR) is 107 cm³/mol. The predicted octanol–water partition coefficient (Wildman–Crippen LogP) is 3.82. The molecule has 2 saturated heterocycles. The van der Waals surface area contributed by atoms with E-state index in [0.717, 1.165) is 5.56 Å². The van der Waals surface area contributed by atoms with Crippen LogP contribution in [0.15, 0.2) is 48.7 Å². The Bertz CT molecular complexity index is 945. The minimum absolute atomic E-state index is 0.0458. The number of alkyl halides is 3. The second-order valence-electron chi connectivity index (χ2n) is 7.72. The number of nitrogens with zero attached hydrogens (tertiary/aromatic N) is 3. The van der Waals surface area contributed by atoms with Gasteiger partial charge in [-0.25, -0.2) is 9.78 Å². The third-order valence-electron chi connectivity index (χ3n) is 5.61. The first-order valence-corrected chi connectivity index (χ1v) is 10.3. The summed E-state index contributed by atoms with van der Waals surface area (Å²) >= 11 is 0. The number of ether oxygens (including phenoxy) is 2. The smallest absolute Gasteiger partial charge is 0.422 e. The molecule has 1 aromatic heterocycles. The highest BCUT2D eigenvalue weighted by Crippen LogP contribution is 2.33. The van der Waals surface area contributed by atoms with E-state index in [0.29, 0.717) is 32.5 Å². The van der Waals surface area contributed by atoms with Gasteiger partial charge >= 0.3 is 12.3 Å². The first-order valence-electron chi connectivity index (χ1n) is 10.3. The van der Waals surface area contributed by atoms with Gasteiger partial charge in [0, 0.05) is 31.4 Å². The highest BCUT2D eigenvalue weighted by Gasteiger charge is 2.40. The van der Waals surface area contributed by atoms with Crippen LogP contribution in [0.25, 0.3) is 0 Å². The van der Waals surface area contributed by atoms with E-state index >= 15 is 0 Å². The highest BCUT2D eigenvalue weighted by molar-refractivity contribution is 5.94. The van der Waals surface area contributed by atoms with E-state index in [1.807, 2.05) is 30.3 Å². The van der Waals surface area contributed by atoms with Gasteiger partial charge in [0.05, 0.1) is 11.6 Å². The summed E-state index contributed by atoms with van der Waals surface area (Å²) in [4.78, 5) is 32.4. The van der Waals surface area contributed by atoms with Crippen LogP contribution >= 0.6 is 0 Å². The number of cyclic esters (lactones) is 1. The monoisotopic (exact) mass is 449 g/mol. The van der Waals surface area contributed by atoms with Crippen LogP contribution in [0.1, 0.15) is 34.8 Å². The van der Waals surface area contributed by atoms with Gasteiger partial charge in [0.15, 0.2) is 6.61 Å². The number of hydrogen-bond acceptors (Lipinski definition) is 5. The van der Waals surface area contributed by atoms with E-state index in [2.05, 4.69) is 9.72 Å². The zero-order valence-electron chi connectivity index (χ0n) is 17.1. The van der Waals surface area contributed by atoms with E-state index in [4.69, 9.17) is 4.74 Å². The average Bonchev–Trinajstić information content (AvgIpc) is 3.19. The summed E-state index contributed by atoms with van der Waals surface area (Å²) in [5.41, 5.74) is 1.28. The topological polar surface area (TPSA) is 72.0 Å². The van der Waals surface area contributed by atoms with Crippen LogP contribution in [0, 0.1) is 0 Å². The Morgan fingerprint density at radius 2 is 1.84 bits per heavy atom. The van der Waals surface area contributed by atoms with E-state index in [9.17, 15) is 22.8 Å². The lowest BCUT2D eigenvalue weighted by Gasteiger charge is -2.38. The van der Waals surface area contributed by atoms with E-state index in [-0.39, 0.29) is 35.5 Å². The molecule has 2 fully saturated rings. The molecule has 2 amide bonds. The van der Waals surface area contributed by atoms with Crippen molar-refractivity contribution in [3.05, 3.63) is 59.8 Å². The molecule has 2 aromatic rings. The molecular weight excluding hydrogens is 427 g/mol. The summed E-state index contributed by atoms with van der Waals surface area (Å²) in [5.74, 6) is -0.459. The van der Waals surface area contributed by atoms with Crippen LogP contribution in [0.5, 0.6) is 5.88 Å². The molecule has 0 saturated carbocycles. The fourth-order valence-corrected chi connectivity index (χ4v) is 4.05. The molecule has 0 spiro atoms. The van der Waals surface area contributed by atoms with Crippen LogP contribution < -0.4 is 4.74 Å². The minimum atomic E-state index is -4.46. The van der Waals surface area contributed by atoms with Gasteiger partial charge < -0.3 is 14.4 Å². The number of likely N-dealkylation sites (tertiary alicyclic amines) is 1. The van der Waals surface area contributed by atoms with Gasteiger partial charge in [-0.1, -0.05) is 30.3 Å². The van der Waals surface area contributed by atoms with Gasteiger partial charge in [0.25, 0.3) is 5.91 Å². The van der Waals surface area contributed by atoms with Crippen LogP contribution in [0.2, 0.25) is 0 Å². The molecule has 4 rings (SSSR count). The van der Waals surface area contributed by atoms with Gasteiger partial charge in [0.1, 0.15) is 6.61 Å². The number of pyridine rings is 1. The number of rotatable bonds is 5. The van der Waals surface area contributed by atoms with Crippen molar-refractivity contribution in [1.82, 2.24) is 14.8 Å². The Morgan fingerprint density at radius 1 is 1.12 bits per heavy atom. The molecule has 2 aliphatic heterocycles. The normalized spacial score (nSPS) is 19.7. The lowest BCUT2D eigenvalue weighted by molar-refractivity contribution is -0.154. The summed E-state index contributed by atoms with van der Waals surface area (Å²) in [7, 11) is 0. The molecule has 0 aliphatic carbocycles. The Hall–Kier alpha value is -3.30. The van der Waals surface area contributed by atoms with Crippen molar-refractivity contribution < 1.29 is 32.2 Å². The number of carbonyl (C=O) groups is 2. The third-order valence-corrected chi connectivity index (χ3v) is 5.61. The zero-order chi connectivity index (χ0) is 22.7. The molecule has 0 N–H and O–H groups in total. The molecule has 1 atom stereocenters. The highest BCUT2D eigenvalue weighted by atomic mass is 19.4. The largest absolute Gasteiger partial charge is 0.468 e. The van der Waals surface area contributed by atoms with Gasteiger partial charge in [-0.15, -0.1) is 0 Å². The molecule has 3 heterocycles. The average molecular weight is 449 g/mol. The molecule has 10 heteroatoms. The summed E-state index contributed by atoms with van der Waals surface area (Å²) in [5, 5.41) is 0. The summed E-state index contributed by atoms with van der Waals surface area (Å²) < 4.78 is 46.6. The van der Waals surface area contributed by atoms with Crippen LogP contribution in [0.3, 0.4) is 0 Å². The Morgan fingerprint density at radius 3 is 2.47 bits per heavy atom. The molecule has 0 bridgehead atoms. The van der Waals surface area contributed by atoms with E-state index < -0.39 is 12.8 Å². The van der Waals surface area contributed by atoms with Crippen molar-refractivity contribution >= 4 is 12.0 Å². The van der Waals surface area contributed by atoms with E-state index in [1.54, 1.807) is 9.80 Å². The van der Waals surface area contributed by atoms with Gasteiger partial charge in [-0.3, -0.25) is 9.69 Å². The second kappa shape index (κ2) is 9.05. The first-order chi connectivity index (χ1) is 15.3. The van der Waals surface area contributed by atoms with Crippen molar-refractivity contribution in [3.63, 3.8) is 0 Å². The maximum absolute atomic E-state index is 12.8. The minimum Gasteiger partial charge on any atom is -0.468 e. The summed E-state index contributed by atoms with van der Waals surface area (Å²) in [6.07, 6.45) is -2.39. The Labute approximate surface area is 182 Å². The number of hydrogen-bond donors (Lipinski definition) is 0. The fraction of sp³-hybridized carbons (Fsp3) is 0.409. The molecule has 32 heavy (non-hydrogen) atoms. The van der Waals surface area contributed by atoms with Crippen LogP contribution in [-0.4, -0.2) is 65.3 Å². The van der Waals surface area contributed by atoms with Crippen LogP contribution in [0.4, 0.5) is 18.0 Å². The van der Waals surface area contributed by atoms with Crippen molar-refractivity contribution in [2.24, 2.45) is 0 Å². The molecule has 170 valence electrons. The summed E-state index contributed by atoms with van der Waals surface area (Å²) in [6.45, 7) is -0.248. The Balaban J connectivity index is 1.35. The van der Waals surface area contributed by atoms with Crippen molar-refractivity contribution in [1.29, 1.82) is 0 Å². The molecular formula is C22H22F3N3O4. The molecule has 1 unspecified atom stereocenters.